The second-order valence-corrected chi connectivity index (χ2v) is 13.1. The molecule has 0 bridgehead atoms. The Morgan fingerprint density at radius 3 is 2.42 bits per heavy atom. The van der Waals surface area contributed by atoms with Gasteiger partial charge in [0, 0.05) is 25.4 Å². The highest BCUT2D eigenvalue weighted by atomic mass is 16.5. The van der Waals surface area contributed by atoms with E-state index in [4.69, 9.17) is 4.74 Å². The molecule has 3 saturated carbocycles. The molecular weight excluding hydrogens is 386 g/mol. The summed E-state index contributed by atoms with van der Waals surface area (Å²) in [5, 5.41) is 0. The van der Waals surface area contributed by atoms with E-state index in [1.807, 2.05) is 27.8 Å². The summed E-state index contributed by atoms with van der Waals surface area (Å²) in [7, 11) is 2.04. The predicted octanol–water partition coefficient (Wildman–Crippen LogP) is 5.69. The van der Waals surface area contributed by atoms with E-state index in [2.05, 4.69) is 32.6 Å². The maximum Gasteiger partial charge on any atom is 0.311 e. The average Bonchev–Trinajstić information content (AvgIpc) is 2.94. The molecule has 176 valence electrons. The molecule has 1 aliphatic heterocycles. The summed E-state index contributed by atoms with van der Waals surface area (Å²) in [5.41, 5.74) is 0.0573. The number of piperidine rings is 1. The minimum Gasteiger partial charge on any atom is -0.462 e. The van der Waals surface area contributed by atoms with Crippen molar-refractivity contribution in [3.63, 3.8) is 0 Å². The number of likely N-dealkylation sites (tertiary alicyclic amines) is 1. The number of amides is 1. The van der Waals surface area contributed by atoms with Crippen LogP contribution < -0.4 is 0 Å². The molecule has 1 saturated heterocycles. The summed E-state index contributed by atoms with van der Waals surface area (Å²) in [6, 6.07) is 0.417. The number of esters is 1. The predicted molar refractivity (Wildman–Crippen MR) is 123 cm³/mol. The van der Waals surface area contributed by atoms with Gasteiger partial charge >= 0.3 is 5.97 Å². The largest absolute Gasteiger partial charge is 0.462 e. The van der Waals surface area contributed by atoms with Crippen LogP contribution in [0.5, 0.6) is 0 Å². The third-order valence-electron chi connectivity index (χ3n) is 10.4. The van der Waals surface area contributed by atoms with Gasteiger partial charge in [0.1, 0.15) is 6.10 Å². The van der Waals surface area contributed by atoms with Gasteiger partial charge in [-0.3, -0.25) is 9.59 Å². The molecule has 31 heavy (non-hydrogen) atoms. The molecule has 0 aromatic heterocycles. The number of nitrogens with zero attached hydrogens (tertiary/aromatic N) is 1. The van der Waals surface area contributed by atoms with Crippen molar-refractivity contribution < 1.29 is 14.3 Å². The van der Waals surface area contributed by atoms with Crippen LogP contribution in [-0.4, -0.2) is 36.0 Å². The van der Waals surface area contributed by atoms with Gasteiger partial charge in [-0.05, 0) is 101 Å². The second-order valence-electron chi connectivity index (χ2n) is 13.1. The molecule has 4 heteroatoms. The first-order chi connectivity index (χ1) is 14.3. The lowest BCUT2D eigenvalue weighted by atomic mass is 9.46. The van der Waals surface area contributed by atoms with E-state index in [0.29, 0.717) is 36.1 Å². The minimum atomic E-state index is -0.453. The highest BCUT2D eigenvalue weighted by Gasteiger charge is 2.63. The Balaban J connectivity index is 1.57. The second kappa shape index (κ2) is 7.48. The van der Waals surface area contributed by atoms with Crippen LogP contribution in [0.3, 0.4) is 0 Å². The summed E-state index contributed by atoms with van der Waals surface area (Å²) in [5.74, 6) is 3.46. The van der Waals surface area contributed by atoms with Crippen LogP contribution in [0.15, 0.2) is 0 Å². The fourth-order valence-electron chi connectivity index (χ4n) is 8.97. The van der Waals surface area contributed by atoms with Crippen molar-refractivity contribution in [3.05, 3.63) is 0 Å². The van der Waals surface area contributed by atoms with Gasteiger partial charge < -0.3 is 9.64 Å². The molecule has 1 amide bonds. The number of fused-ring (bicyclic) bond motifs is 5. The first kappa shape index (κ1) is 23.1. The fraction of sp³-hybridized carbons (Fsp3) is 0.926. The lowest BCUT2D eigenvalue weighted by Gasteiger charge is -2.62. The van der Waals surface area contributed by atoms with Crippen molar-refractivity contribution in [1.82, 2.24) is 4.90 Å². The zero-order valence-electron chi connectivity index (χ0n) is 21.2. The van der Waals surface area contributed by atoms with Crippen LogP contribution in [0, 0.1) is 45.8 Å². The number of hydrogen-bond acceptors (Lipinski definition) is 3. The number of rotatable bonds is 2. The summed E-state index contributed by atoms with van der Waals surface area (Å²) >= 11 is 0. The number of carbonyl (C=O) groups is 2. The Morgan fingerprint density at radius 2 is 1.77 bits per heavy atom. The molecule has 4 rings (SSSR count). The van der Waals surface area contributed by atoms with Gasteiger partial charge in [0.15, 0.2) is 0 Å². The van der Waals surface area contributed by atoms with Crippen LogP contribution in [-0.2, 0) is 14.3 Å². The van der Waals surface area contributed by atoms with Crippen LogP contribution in [0.1, 0.15) is 93.4 Å². The van der Waals surface area contributed by atoms with Crippen LogP contribution in [0.4, 0.5) is 0 Å². The van der Waals surface area contributed by atoms with Crippen molar-refractivity contribution in [1.29, 1.82) is 0 Å². The maximum absolute atomic E-state index is 12.6. The van der Waals surface area contributed by atoms with E-state index in [1.165, 1.54) is 25.7 Å². The van der Waals surface area contributed by atoms with Gasteiger partial charge in [0.2, 0.25) is 5.91 Å². The average molecular weight is 432 g/mol. The lowest BCUT2D eigenvalue weighted by Crippen LogP contribution is -2.61. The summed E-state index contributed by atoms with van der Waals surface area (Å²) in [6.45, 7) is 15.4. The monoisotopic (exact) mass is 431 g/mol. The molecule has 1 heterocycles. The molecule has 4 fully saturated rings. The van der Waals surface area contributed by atoms with E-state index >= 15 is 0 Å². The summed E-state index contributed by atoms with van der Waals surface area (Å²) in [6.07, 6.45) is 7.89. The van der Waals surface area contributed by atoms with Crippen molar-refractivity contribution >= 4 is 11.9 Å². The molecule has 4 aliphatic rings. The van der Waals surface area contributed by atoms with Crippen LogP contribution in [0.25, 0.3) is 0 Å². The third-order valence-corrected chi connectivity index (χ3v) is 10.4. The Bertz CT molecular complexity index is 741. The summed E-state index contributed by atoms with van der Waals surface area (Å²) < 4.78 is 6.07. The zero-order valence-corrected chi connectivity index (χ0v) is 21.2. The van der Waals surface area contributed by atoms with Crippen molar-refractivity contribution in [2.75, 3.05) is 7.05 Å². The Kier molecular flexibility index (Phi) is 5.58. The fourth-order valence-corrected chi connectivity index (χ4v) is 8.97. The molecule has 9 atom stereocenters. The van der Waals surface area contributed by atoms with Gasteiger partial charge in [-0.15, -0.1) is 0 Å². The standard InChI is InChI=1S/C27H45NO3/c1-16-15-20-18-9-10-21-26(6,14-12-22(29)28(21)8)19(18)11-13-27(20,7)23(16)17(2)31-24(30)25(3,4)5/h16-21,23H,9-15H2,1-8H3/t16?,17?,18-,19+,20+,21-,23-,26-,27+/m1/s1. The van der Waals surface area contributed by atoms with Gasteiger partial charge in [0.05, 0.1) is 5.41 Å². The maximum atomic E-state index is 12.6. The Hall–Kier alpha value is -1.06. The molecule has 0 spiro atoms. The third kappa shape index (κ3) is 3.46. The number of carbonyl (C=O) groups excluding carboxylic acids is 2. The molecule has 3 aliphatic carbocycles. The smallest absolute Gasteiger partial charge is 0.311 e. The van der Waals surface area contributed by atoms with Crippen molar-refractivity contribution in [3.8, 4) is 0 Å². The molecule has 4 nitrogen and oxygen atoms in total. The summed E-state index contributed by atoms with van der Waals surface area (Å²) in [4.78, 5) is 27.1. The molecule has 2 unspecified atom stereocenters. The highest BCUT2D eigenvalue weighted by molar-refractivity contribution is 5.77. The number of hydrogen-bond donors (Lipinski definition) is 0. The topological polar surface area (TPSA) is 46.6 Å². The molecular formula is C27H45NO3. The number of ether oxygens (including phenoxy) is 1. The first-order valence-corrected chi connectivity index (χ1v) is 12.8. The molecule has 0 N–H and O–H groups in total. The lowest BCUT2D eigenvalue weighted by molar-refractivity contribution is -0.170. The van der Waals surface area contributed by atoms with E-state index in [9.17, 15) is 9.59 Å². The van der Waals surface area contributed by atoms with E-state index in [-0.39, 0.29) is 22.9 Å². The molecule has 0 aromatic carbocycles. The van der Waals surface area contributed by atoms with Gasteiger partial charge in [-0.25, -0.2) is 0 Å². The van der Waals surface area contributed by atoms with E-state index in [0.717, 1.165) is 24.7 Å². The highest BCUT2D eigenvalue weighted by Crippen LogP contribution is 2.67. The SMILES string of the molecule is CC1C[C@H]2[C@@H]3CC[C@H]4N(C)C(=O)CC[C@]4(C)[C@H]3CC[C@]2(C)[C@H]1C(C)OC(=O)C(C)(C)C. The zero-order chi connectivity index (χ0) is 22.9. The van der Waals surface area contributed by atoms with Gasteiger partial charge in [-0.1, -0.05) is 20.8 Å². The van der Waals surface area contributed by atoms with E-state index < -0.39 is 5.41 Å². The first-order valence-electron chi connectivity index (χ1n) is 12.8. The molecule has 0 aromatic rings. The quantitative estimate of drug-likeness (QED) is 0.528. The van der Waals surface area contributed by atoms with Gasteiger partial charge in [-0.2, -0.15) is 0 Å². The van der Waals surface area contributed by atoms with Crippen molar-refractivity contribution in [2.45, 2.75) is 106 Å². The van der Waals surface area contributed by atoms with Crippen LogP contribution in [0.2, 0.25) is 0 Å². The van der Waals surface area contributed by atoms with Crippen LogP contribution >= 0.6 is 0 Å². The van der Waals surface area contributed by atoms with E-state index in [1.54, 1.807) is 0 Å². The minimum absolute atomic E-state index is 0.0290. The normalized spacial score (nSPS) is 46.1. The van der Waals surface area contributed by atoms with Gasteiger partial charge in [0.25, 0.3) is 0 Å². The van der Waals surface area contributed by atoms with Crippen molar-refractivity contribution in [2.24, 2.45) is 45.8 Å². The Morgan fingerprint density at radius 1 is 1.10 bits per heavy atom. The molecule has 0 radical (unpaired) electrons. The Labute approximate surface area is 189 Å².